The number of amides is 2. The summed E-state index contributed by atoms with van der Waals surface area (Å²) in [5, 5.41) is 16.6. The molecule has 9 nitrogen and oxygen atoms in total. The number of aryl methyl sites for hydroxylation is 3. The summed E-state index contributed by atoms with van der Waals surface area (Å²) in [6.07, 6.45) is 0. The molecule has 0 saturated carbocycles. The summed E-state index contributed by atoms with van der Waals surface area (Å²) in [6.45, 7) is 5.72. The Morgan fingerprint density at radius 2 is 1.60 bits per heavy atom. The first-order valence-corrected chi connectivity index (χ1v) is 9.29. The maximum Gasteiger partial charge on any atom is 0.296 e. The van der Waals surface area contributed by atoms with Crippen molar-refractivity contribution in [3.63, 3.8) is 0 Å². The first-order valence-electron chi connectivity index (χ1n) is 9.29. The lowest BCUT2D eigenvalue weighted by Gasteiger charge is -2.18. The van der Waals surface area contributed by atoms with Crippen LogP contribution in [0.1, 0.15) is 16.7 Å². The number of hydrogen-bond donors (Lipinski definition) is 2. The van der Waals surface area contributed by atoms with Crippen LogP contribution in [0.4, 0.5) is 17.1 Å². The van der Waals surface area contributed by atoms with Crippen molar-refractivity contribution in [2.45, 2.75) is 20.8 Å². The molecule has 160 valence electrons. The molecule has 0 bridgehead atoms. The van der Waals surface area contributed by atoms with Gasteiger partial charge in [0.25, 0.3) is 5.69 Å². The van der Waals surface area contributed by atoms with Crippen LogP contribution in [0, 0.1) is 30.9 Å². The topological polar surface area (TPSA) is 114 Å². The minimum Gasteiger partial charge on any atom is -0.496 e. The lowest BCUT2D eigenvalue weighted by molar-refractivity contribution is -0.384. The number of carbonyl (C=O) groups is 2. The van der Waals surface area contributed by atoms with Gasteiger partial charge >= 0.3 is 0 Å². The Morgan fingerprint density at radius 3 is 2.13 bits per heavy atom. The second kappa shape index (κ2) is 9.84. The van der Waals surface area contributed by atoms with Gasteiger partial charge in [0.05, 0.1) is 31.2 Å². The maximum atomic E-state index is 12.4. The van der Waals surface area contributed by atoms with Crippen molar-refractivity contribution in [3.8, 4) is 5.75 Å². The van der Waals surface area contributed by atoms with Crippen molar-refractivity contribution in [3.05, 3.63) is 57.1 Å². The summed E-state index contributed by atoms with van der Waals surface area (Å²) in [5.74, 6) is -0.410. The highest BCUT2D eigenvalue weighted by atomic mass is 16.6. The number of benzene rings is 2. The van der Waals surface area contributed by atoms with Gasteiger partial charge in [-0.25, -0.2) is 0 Å². The van der Waals surface area contributed by atoms with Crippen LogP contribution in [-0.2, 0) is 9.59 Å². The van der Waals surface area contributed by atoms with Crippen molar-refractivity contribution in [1.82, 2.24) is 4.90 Å². The number of nitro groups is 1. The van der Waals surface area contributed by atoms with E-state index < -0.39 is 10.8 Å². The normalized spacial score (nSPS) is 10.6. The molecule has 0 aliphatic heterocycles. The zero-order valence-electron chi connectivity index (χ0n) is 17.7. The number of likely N-dealkylation sites (N-methyl/N-ethyl adjacent to an activating group) is 1. The Kier molecular flexibility index (Phi) is 7.48. The zero-order valence-corrected chi connectivity index (χ0v) is 17.7. The molecule has 2 amide bonds. The third kappa shape index (κ3) is 6.02. The van der Waals surface area contributed by atoms with E-state index in [1.807, 2.05) is 32.9 Å². The highest BCUT2D eigenvalue weighted by molar-refractivity contribution is 5.96. The summed E-state index contributed by atoms with van der Waals surface area (Å²) in [5.41, 5.74) is 3.60. The smallest absolute Gasteiger partial charge is 0.296 e. The average molecular weight is 414 g/mol. The highest BCUT2D eigenvalue weighted by Crippen LogP contribution is 2.29. The van der Waals surface area contributed by atoms with Crippen LogP contribution in [-0.4, -0.2) is 48.9 Å². The van der Waals surface area contributed by atoms with Crippen LogP contribution in [0.5, 0.6) is 5.75 Å². The van der Waals surface area contributed by atoms with Gasteiger partial charge in [-0.1, -0.05) is 17.7 Å². The third-order valence-electron chi connectivity index (χ3n) is 4.44. The van der Waals surface area contributed by atoms with Crippen molar-refractivity contribution >= 4 is 28.9 Å². The van der Waals surface area contributed by atoms with Gasteiger partial charge in [0.15, 0.2) is 0 Å². The maximum absolute atomic E-state index is 12.4. The van der Waals surface area contributed by atoms with E-state index >= 15 is 0 Å². The fourth-order valence-electron chi connectivity index (χ4n) is 3.19. The molecule has 0 aromatic heterocycles. The van der Waals surface area contributed by atoms with Crippen LogP contribution >= 0.6 is 0 Å². The first kappa shape index (κ1) is 22.8. The number of nitro benzene ring substituents is 1. The van der Waals surface area contributed by atoms with E-state index in [9.17, 15) is 19.7 Å². The second-order valence-corrected chi connectivity index (χ2v) is 7.18. The van der Waals surface area contributed by atoms with Gasteiger partial charge in [0, 0.05) is 5.69 Å². The number of carbonyl (C=O) groups excluding carboxylic acids is 2. The molecule has 9 heteroatoms. The number of anilines is 2. The van der Waals surface area contributed by atoms with E-state index in [4.69, 9.17) is 4.74 Å². The van der Waals surface area contributed by atoms with Crippen LogP contribution < -0.4 is 15.4 Å². The molecule has 30 heavy (non-hydrogen) atoms. The predicted molar refractivity (Wildman–Crippen MR) is 115 cm³/mol. The fourth-order valence-corrected chi connectivity index (χ4v) is 3.19. The van der Waals surface area contributed by atoms with Gasteiger partial charge in [-0.2, -0.15) is 0 Å². The van der Waals surface area contributed by atoms with E-state index in [0.717, 1.165) is 22.4 Å². The standard InChI is InChI=1S/C21H26N4O5/c1-13-8-14(2)21(15(3)9-13)23-20(27)12-24(4)11-19(26)22-17-7-6-16(30-5)10-18(17)25(28)29/h6-10H,11-12H2,1-5H3,(H,22,26)(H,23,27). The van der Waals surface area contributed by atoms with E-state index in [1.54, 1.807) is 7.05 Å². The highest BCUT2D eigenvalue weighted by Gasteiger charge is 2.19. The molecule has 0 saturated heterocycles. The van der Waals surface area contributed by atoms with Gasteiger partial charge in [0.1, 0.15) is 11.4 Å². The Morgan fingerprint density at radius 1 is 1.03 bits per heavy atom. The minimum atomic E-state index is -0.596. The SMILES string of the molecule is COc1ccc(NC(=O)CN(C)CC(=O)Nc2c(C)cc(C)cc2C)c([N+](=O)[O-])c1. The molecular formula is C21H26N4O5. The number of methoxy groups -OCH3 is 1. The molecule has 2 aromatic carbocycles. The fraction of sp³-hybridized carbons (Fsp3) is 0.333. The molecule has 0 aliphatic carbocycles. The van der Waals surface area contributed by atoms with Crippen molar-refractivity contribution in [1.29, 1.82) is 0 Å². The summed E-state index contributed by atoms with van der Waals surface area (Å²) < 4.78 is 4.98. The number of ether oxygens (including phenoxy) is 1. The van der Waals surface area contributed by atoms with Crippen LogP contribution in [0.25, 0.3) is 0 Å². The van der Waals surface area contributed by atoms with Gasteiger partial charge in [-0.15, -0.1) is 0 Å². The lowest BCUT2D eigenvalue weighted by Crippen LogP contribution is -2.36. The summed E-state index contributed by atoms with van der Waals surface area (Å²) in [4.78, 5) is 36.8. The van der Waals surface area contributed by atoms with Gasteiger partial charge in [0.2, 0.25) is 11.8 Å². The van der Waals surface area contributed by atoms with Crippen molar-refractivity contribution < 1.29 is 19.2 Å². The van der Waals surface area contributed by atoms with E-state index in [-0.39, 0.29) is 30.4 Å². The van der Waals surface area contributed by atoms with Crippen LogP contribution in [0.15, 0.2) is 30.3 Å². The van der Waals surface area contributed by atoms with Crippen molar-refractivity contribution in [2.24, 2.45) is 0 Å². The first-order chi connectivity index (χ1) is 14.1. The minimum absolute atomic E-state index is 0.00905. The van der Waals surface area contributed by atoms with Crippen molar-refractivity contribution in [2.75, 3.05) is 37.9 Å². The Balaban J connectivity index is 1.97. The monoisotopic (exact) mass is 414 g/mol. The third-order valence-corrected chi connectivity index (χ3v) is 4.44. The molecule has 0 heterocycles. The number of hydrogen-bond acceptors (Lipinski definition) is 6. The van der Waals surface area contributed by atoms with Gasteiger partial charge in [-0.05, 0) is 51.1 Å². The molecule has 0 fully saturated rings. The number of nitrogens with zero attached hydrogens (tertiary/aromatic N) is 2. The molecule has 2 rings (SSSR count). The molecule has 0 radical (unpaired) electrons. The Hall–Kier alpha value is -3.46. The molecule has 0 aliphatic rings. The molecule has 0 spiro atoms. The van der Waals surface area contributed by atoms with Gasteiger partial charge < -0.3 is 15.4 Å². The summed E-state index contributed by atoms with van der Waals surface area (Å²) in [6, 6.07) is 8.14. The van der Waals surface area contributed by atoms with Crippen LogP contribution in [0.2, 0.25) is 0 Å². The summed E-state index contributed by atoms with van der Waals surface area (Å²) >= 11 is 0. The molecule has 2 aromatic rings. The summed E-state index contributed by atoms with van der Waals surface area (Å²) in [7, 11) is 3.02. The molecular weight excluding hydrogens is 388 g/mol. The molecule has 2 N–H and O–H groups in total. The van der Waals surface area contributed by atoms with E-state index in [0.29, 0.717) is 5.75 Å². The average Bonchev–Trinajstić information content (AvgIpc) is 2.64. The molecule has 0 unspecified atom stereocenters. The lowest BCUT2D eigenvalue weighted by atomic mass is 10.1. The van der Waals surface area contributed by atoms with E-state index in [2.05, 4.69) is 10.6 Å². The number of nitrogens with one attached hydrogen (secondary N) is 2. The Bertz CT molecular complexity index is 951. The zero-order chi connectivity index (χ0) is 22.4. The van der Waals surface area contributed by atoms with E-state index in [1.165, 1.54) is 30.2 Å². The quantitative estimate of drug-likeness (QED) is 0.507. The van der Waals surface area contributed by atoms with Crippen LogP contribution in [0.3, 0.4) is 0 Å². The number of rotatable bonds is 8. The molecule has 0 atom stereocenters. The predicted octanol–water partition coefficient (Wildman–Crippen LogP) is 3.04. The second-order valence-electron chi connectivity index (χ2n) is 7.18. The largest absolute Gasteiger partial charge is 0.496 e. The van der Waals surface area contributed by atoms with Gasteiger partial charge in [-0.3, -0.25) is 24.6 Å². The Labute approximate surface area is 175 Å².